The van der Waals surface area contributed by atoms with E-state index in [1.165, 1.54) is 41.0 Å². The standard InChI is InChI=1S/C25H24N2O2S2/c28-19(26-18-9-5-2-6-10-18)14-27-24-23(31-25(27)29)20(15-7-3-1-4-8-15)21-16-11-12-17(13-16)22(21)30-24/h1-10,16-17,20-22H,11-14H2,(H,26,28). The molecule has 2 saturated carbocycles. The van der Waals surface area contributed by atoms with Gasteiger partial charge in [0, 0.05) is 21.7 Å². The number of benzene rings is 2. The quantitative estimate of drug-likeness (QED) is 0.597. The van der Waals surface area contributed by atoms with E-state index in [1.54, 1.807) is 4.57 Å². The molecule has 3 aromatic rings. The Morgan fingerprint density at radius 1 is 1.00 bits per heavy atom. The summed E-state index contributed by atoms with van der Waals surface area (Å²) >= 11 is 3.23. The molecule has 2 bridgehead atoms. The monoisotopic (exact) mass is 448 g/mol. The maximum atomic E-state index is 13.1. The van der Waals surface area contributed by atoms with Gasteiger partial charge < -0.3 is 5.32 Å². The second-order valence-corrected chi connectivity index (χ2v) is 11.1. The minimum Gasteiger partial charge on any atom is -0.325 e. The Morgan fingerprint density at radius 3 is 2.48 bits per heavy atom. The SMILES string of the molecule is O=C(Cn1c2c(sc1=O)C(c1ccccc1)C1C3CCC(C3)C1S2)Nc1ccccc1. The normalized spacial score (nSPS) is 28.2. The number of nitrogens with one attached hydrogen (secondary N) is 1. The molecule has 2 fully saturated rings. The summed E-state index contributed by atoms with van der Waals surface area (Å²) in [6.45, 7) is 0.0690. The smallest absolute Gasteiger partial charge is 0.308 e. The predicted molar refractivity (Wildman–Crippen MR) is 126 cm³/mol. The van der Waals surface area contributed by atoms with Crippen molar-refractivity contribution in [2.75, 3.05) is 5.32 Å². The lowest BCUT2D eigenvalue weighted by molar-refractivity contribution is -0.116. The zero-order chi connectivity index (χ0) is 20.9. The molecular formula is C25H24N2O2S2. The van der Waals surface area contributed by atoms with E-state index in [0.29, 0.717) is 11.2 Å². The van der Waals surface area contributed by atoms with Gasteiger partial charge in [-0.2, -0.15) is 0 Å². The number of thioether (sulfide) groups is 1. The third kappa shape index (κ3) is 3.28. The molecule has 5 atom stereocenters. The summed E-state index contributed by atoms with van der Waals surface area (Å²) in [6, 6.07) is 20.1. The molecule has 0 spiro atoms. The van der Waals surface area contributed by atoms with Crippen LogP contribution in [0.4, 0.5) is 5.69 Å². The Morgan fingerprint density at radius 2 is 1.71 bits per heavy atom. The minimum atomic E-state index is -0.152. The number of thiazole rings is 1. The van der Waals surface area contributed by atoms with Crippen molar-refractivity contribution in [3.05, 3.63) is 80.8 Å². The molecule has 2 heterocycles. The molecule has 5 unspecified atom stereocenters. The Bertz CT molecular complexity index is 1170. The van der Waals surface area contributed by atoms with Crippen molar-refractivity contribution in [3.8, 4) is 0 Å². The average Bonchev–Trinajstić information content (AvgIpc) is 3.48. The summed E-state index contributed by atoms with van der Waals surface area (Å²) in [7, 11) is 0. The first-order chi connectivity index (χ1) is 15.2. The third-order valence-electron chi connectivity index (χ3n) is 7.21. The van der Waals surface area contributed by atoms with Crippen molar-refractivity contribution < 1.29 is 4.79 Å². The van der Waals surface area contributed by atoms with Gasteiger partial charge in [-0.3, -0.25) is 14.2 Å². The number of amides is 1. The lowest BCUT2D eigenvalue weighted by Gasteiger charge is -2.40. The summed E-state index contributed by atoms with van der Waals surface area (Å²) in [4.78, 5) is 27.0. The van der Waals surface area contributed by atoms with Crippen LogP contribution in [0.5, 0.6) is 0 Å². The molecule has 2 aliphatic carbocycles. The second-order valence-electron chi connectivity index (χ2n) is 8.92. The van der Waals surface area contributed by atoms with E-state index < -0.39 is 0 Å². The number of para-hydroxylation sites is 1. The predicted octanol–water partition coefficient (Wildman–Crippen LogP) is 5.20. The Labute approximate surface area is 189 Å². The van der Waals surface area contributed by atoms with E-state index >= 15 is 0 Å². The maximum Gasteiger partial charge on any atom is 0.308 e. The van der Waals surface area contributed by atoms with Crippen LogP contribution in [0.1, 0.15) is 35.6 Å². The largest absolute Gasteiger partial charge is 0.325 e. The summed E-state index contributed by atoms with van der Waals surface area (Å²) in [5.41, 5.74) is 2.07. The molecule has 0 saturated heterocycles. The van der Waals surface area contributed by atoms with Crippen molar-refractivity contribution in [1.82, 2.24) is 4.57 Å². The van der Waals surface area contributed by atoms with Gasteiger partial charge in [0.15, 0.2) is 0 Å². The molecule has 2 aromatic carbocycles. The van der Waals surface area contributed by atoms with E-state index in [2.05, 4.69) is 35.6 Å². The zero-order valence-electron chi connectivity index (χ0n) is 17.1. The zero-order valence-corrected chi connectivity index (χ0v) is 18.7. The first-order valence-corrected chi connectivity index (χ1v) is 12.7. The highest BCUT2D eigenvalue weighted by molar-refractivity contribution is 8.00. The van der Waals surface area contributed by atoms with Gasteiger partial charge >= 0.3 is 4.87 Å². The fourth-order valence-corrected chi connectivity index (χ4v) is 9.14. The summed E-state index contributed by atoms with van der Waals surface area (Å²) in [6.07, 6.45) is 3.94. The van der Waals surface area contributed by atoms with Crippen LogP contribution in [0, 0.1) is 17.8 Å². The first kappa shape index (κ1) is 19.4. The molecular weight excluding hydrogens is 424 g/mol. The fourth-order valence-electron chi connectivity index (χ4n) is 5.99. The third-order valence-corrected chi connectivity index (χ3v) is 10.0. The van der Waals surface area contributed by atoms with Crippen LogP contribution in [0.15, 0.2) is 70.5 Å². The number of hydrogen-bond donors (Lipinski definition) is 1. The van der Waals surface area contributed by atoms with Crippen molar-refractivity contribution >= 4 is 34.7 Å². The molecule has 4 nitrogen and oxygen atoms in total. The lowest BCUT2D eigenvalue weighted by atomic mass is 9.75. The molecule has 6 heteroatoms. The highest BCUT2D eigenvalue weighted by atomic mass is 32.2. The van der Waals surface area contributed by atoms with E-state index in [-0.39, 0.29) is 23.2 Å². The van der Waals surface area contributed by atoms with Crippen LogP contribution >= 0.6 is 23.1 Å². The Kier molecular flexibility index (Phi) is 4.80. The van der Waals surface area contributed by atoms with Crippen molar-refractivity contribution in [1.29, 1.82) is 0 Å². The van der Waals surface area contributed by atoms with Gasteiger partial charge in [0.25, 0.3) is 0 Å². The second kappa shape index (κ2) is 7.68. The van der Waals surface area contributed by atoms with Crippen LogP contribution in [-0.4, -0.2) is 15.7 Å². The van der Waals surface area contributed by atoms with Crippen LogP contribution < -0.4 is 10.2 Å². The molecule has 1 amide bonds. The number of carbonyl (C=O) groups is 1. The van der Waals surface area contributed by atoms with Gasteiger partial charge in [0.05, 0.1) is 5.03 Å². The van der Waals surface area contributed by atoms with Crippen LogP contribution in [-0.2, 0) is 11.3 Å². The van der Waals surface area contributed by atoms with Crippen LogP contribution in [0.3, 0.4) is 0 Å². The van der Waals surface area contributed by atoms with E-state index in [4.69, 9.17) is 0 Å². The van der Waals surface area contributed by atoms with Gasteiger partial charge in [-0.15, -0.1) is 11.8 Å². The maximum absolute atomic E-state index is 13.1. The average molecular weight is 449 g/mol. The lowest BCUT2D eigenvalue weighted by Crippen LogP contribution is -2.34. The highest BCUT2D eigenvalue weighted by Gasteiger charge is 2.55. The molecule has 6 rings (SSSR count). The number of rotatable bonds is 4. The van der Waals surface area contributed by atoms with Gasteiger partial charge in [-0.25, -0.2) is 0 Å². The van der Waals surface area contributed by atoms with Gasteiger partial charge in [-0.1, -0.05) is 59.9 Å². The number of carbonyl (C=O) groups excluding carboxylic acids is 1. The topological polar surface area (TPSA) is 51.1 Å². The number of aromatic nitrogens is 1. The van der Waals surface area contributed by atoms with E-state index in [9.17, 15) is 9.59 Å². The Hall–Kier alpha value is -2.31. The van der Waals surface area contributed by atoms with Crippen molar-refractivity contribution in [2.45, 2.75) is 42.0 Å². The summed E-state index contributed by atoms with van der Waals surface area (Å²) in [5.74, 6) is 2.21. The summed E-state index contributed by atoms with van der Waals surface area (Å²) in [5, 5.41) is 4.51. The van der Waals surface area contributed by atoms with E-state index in [1.807, 2.05) is 42.1 Å². The van der Waals surface area contributed by atoms with Crippen LogP contribution in [0.25, 0.3) is 0 Å². The first-order valence-electron chi connectivity index (χ1n) is 11.0. The molecule has 3 aliphatic rings. The molecule has 1 aromatic heterocycles. The molecule has 158 valence electrons. The molecule has 1 N–H and O–H groups in total. The minimum absolute atomic E-state index is 0.0195. The number of fused-ring (bicyclic) bond motifs is 6. The van der Waals surface area contributed by atoms with Gasteiger partial charge in [0.1, 0.15) is 6.54 Å². The molecule has 0 radical (unpaired) electrons. The van der Waals surface area contributed by atoms with Crippen molar-refractivity contribution in [2.24, 2.45) is 17.8 Å². The number of hydrogen-bond acceptors (Lipinski definition) is 4. The number of anilines is 1. The highest BCUT2D eigenvalue weighted by Crippen LogP contribution is 2.63. The van der Waals surface area contributed by atoms with E-state index in [0.717, 1.165) is 22.5 Å². The molecule has 1 aliphatic heterocycles. The summed E-state index contributed by atoms with van der Waals surface area (Å²) < 4.78 is 1.72. The van der Waals surface area contributed by atoms with Crippen LogP contribution in [0.2, 0.25) is 0 Å². The van der Waals surface area contributed by atoms with Gasteiger partial charge in [-0.05, 0) is 54.7 Å². The van der Waals surface area contributed by atoms with Gasteiger partial charge in [0.2, 0.25) is 5.91 Å². The fraction of sp³-hybridized carbons (Fsp3) is 0.360. The van der Waals surface area contributed by atoms with Crippen molar-refractivity contribution in [3.63, 3.8) is 0 Å². The Balaban J connectivity index is 1.38. The number of nitrogens with zero attached hydrogens (tertiary/aromatic N) is 1. The molecule has 31 heavy (non-hydrogen) atoms.